The summed E-state index contributed by atoms with van der Waals surface area (Å²) in [6.07, 6.45) is 9.77. The van der Waals surface area contributed by atoms with Crippen molar-refractivity contribution >= 4 is 5.95 Å². The Morgan fingerprint density at radius 2 is 2.00 bits per heavy atom. The number of likely N-dealkylation sites (tertiary alicyclic amines) is 1. The second-order valence-electron chi connectivity index (χ2n) is 5.17. The van der Waals surface area contributed by atoms with E-state index in [-0.39, 0.29) is 0 Å². The Hall–Kier alpha value is -1.16. The second-order valence-corrected chi connectivity index (χ2v) is 5.17. The van der Waals surface area contributed by atoms with Crippen LogP contribution in [0.25, 0.3) is 0 Å². The van der Waals surface area contributed by atoms with Gasteiger partial charge in [0.25, 0.3) is 0 Å². The maximum absolute atomic E-state index is 5.68. The predicted octanol–water partition coefficient (Wildman–Crippen LogP) is 2.14. The van der Waals surface area contributed by atoms with Crippen LogP contribution in [-0.4, -0.2) is 27.5 Å². The van der Waals surface area contributed by atoms with E-state index in [1.54, 1.807) is 6.20 Å². The van der Waals surface area contributed by atoms with Crippen molar-refractivity contribution in [2.75, 3.05) is 12.3 Å². The fourth-order valence-electron chi connectivity index (χ4n) is 3.35. The van der Waals surface area contributed by atoms with Crippen LogP contribution < -0.4 is 5.73 Å². The third-order valence-corrected chi connectivity index (χ3v) is 4.13. The van der Waals surface area contributed by atoms with Gasteiger partial charge in [0.2, 0.25) is 5.95 Å². The molecule has 3 rings (SSSR count). The molecule has 2 aliphatic rings. The van der Waals surface area contributed by atoms with Gasteiger partial charge in [-0.2, -0.15) is 0 Å². The highest BCUT2D eigenvalue weighted by Gasteiger charge is 2.33. The topological polar surface area (TPSA) is 55.0 Å². The van der Waals surface area contributed by atoms with Crippen LogP contribution in [0.2, 0.25) is 0 Å². The molecule has 1 saturated carbocycles. The Bertz CT molecular complexity index is 387. The van der Waals surface area contributed by atoms with Crippen LogP contribution in [0.1, 0.15) is 50.3 Å². The molecule has 92 valence electrons. The summed E-state index contributed by atoms with van der Waals surface area (Å²) in [6, 6.07) is 3.27. The average Bonchev–Trinajstić information content (AvgIpc) is 3.00. The zero-order valence-electron chi connectivity index (χ0n) is 10.2. The number of anilines is 1. The maximum Gasteiger partial charge on any atom is 0.220 e. The van der Waals surface area contributed by atoms with Crippen molar-refractivity contribution in [2.45, 2.75) is 50.6 Å². The first-order valence-corrected chi connectivity index (χ1v) is 6.69. The van der Waals surface area contributed by atoms with Gasteiger partial charge in [-0.1, -0.05) is 12.8 Å². The molecule has 2 fully saturated rings. The van der Waals surface area contributed by atoms with Crippen molar-refractivity contribution in [1.29, 1.82) is 0 Å². The first-order chi connectivity index (χ1) is 8.34. The monoisotopic (exact) mass is 232 g/mol. The largest absolute Gasteiger partial charge is 0.368 e. The third-order valence-electron chi connectivity index (χ3n) is 4.13. The SMILES string of the molecule is Nc1nccc(C2CCCN2C2CCCC2)n1. The van der Waals surface area contributed by atoms with Crippen molar-refractivity contribution in [3.63, 3.8) is 0 Å². The minimum atomic E-state index is 0.403. The molecule has 4 nitrogen and oxygen atoms in total. The molecule has 0 amide bonds. The van der Waals surface area contributed by atoms with Crippen LogP contribution in [-0.2, 0) is 0 Å². The lowest BCUT2D eigenvalue weighted by Crippen LogP contribution is -2.33. The van der Waals surface area contributed by atoms with E-state index in [2.05, 4.69) is 14.9 Å². The van der Waals surface area contributed by atoms with Gasteiger partial charge in [-0.3, -0.25) is 4.90 Å². The molecule has 1 aliphatic carbocycles. The molecule has 0 spiro atoms. The highest BCUT2D eigenvalue weighted by atomic mass is 15.2. The lowest BCUT2D eigenvalue weighted by Gasteiger charge is -2.30. The minimum absolute atomic E-state index is 0.403. The quantitative estimate of drug-likeness (QED) is 0.848. The molecule has 4 heteroatoms. The second kappa shape index (κ2) is 4.61. The number of hydrogen-bond acceptors (Lipinski definition) is 4. The van der Waals surface area contributed by atoms with Gasteiger partial charge in [0.1, 0.15) is 0 Å². The molecule has 2 N–H and O–H groups in total. The van der Waals surface area contributed by atoms with Crippen LogP contribution in [0, 0.1) is 0 Å². The van der Waals surface area contributed by atoms with Crippen molar-refractivity contribution in [2.24, 2.45) is 0 Å². The lowest BCUT2D eigenvalue weighted by molar-refractivity contribution is 0.180. The number of rotatable bonds is 2. The molecule has 0 aromatic carbocycles. The predicted molar refractivity (Wildman–Crippen MR) is 67.4 cm³/mol. The van der Waals surface area contributed by atoms with Gasteiger partial charge in [0.15, 0.2) is 0 Å². The summed E-state index contributed by atoms with van der Waals surface area (Å²) in [6.45, 7) is 1.22. The number of nitrogen functional groups attached to an aromatic ring is 1. The molecular formula is C13H20N4. The standard InChI is InChI=1S/C13H20N4/c14-13-15-8-7-11(16-13)12-6-3-9-17(12)10-4-1-2-5-10/h7-8,10,12H,1-6,9H2,(H2,14,15,16). The van der Waals surface area contributed by atoms with Gasteiger partial charge >= 0.3 is 0 Å². The van der Waals surface area contributed by atoms with E-state index in [1.807, 2.05) is 6.07 Å². The van der Waals surface area contributed by atoms with E-state index >= 15 is 0 Å². The Kier molecular flexibility index (Phi) is 2.97. The summed E-state index contributed by atoms with van der Waals surface area (Å²) in [7, 11) is 0. The number of hydrogen-bond donors (Lipinski definition) is 1. The Morgan fingerprint density at radius 1 is 1.18 bits per heavy atom. The minimum Gasteiger partial charge on any atom is -0.368 e. The van der Waals surface area contributed by atoms with Crippen molar-refractivity contribution in [3.8, 4) is 0 Å². The summed E-state index contributed by atoms with van der Waals surface area (Å²) in [5.74, 6) is 0.403. The first-order valence-electron chi connectivity index (χ1n) is 6.69. The molecule has 1 atom stereocenters. The zero-order valence-corrected chi connectivity index (χ0v) is 10.2. The van der Waals surface area contributed by atoms with E-state index in [9.17, 15) is 0 Å². The Morgan fingerprint density at radius 3 is 2.76 bits per heavy atom. The fraction of sp³-hybridized carbons (Fsp3) is 0.692. The molecular weight excluding hydrogens is 212 g/mol. The molecule has 17 heavy (non-hydrogen) atoms. The summed E-state index contributed by atoms with van der Waals surface area (Å²) in [5.41, 5.74) is 6.80. The van der Waals surface area contributed by atoms with E-state index in [4.69, 9.17) is 5.73 Å². The fourth-order valence-corrected chi connectivity index (χ4v) is 3.35. The van der Waals surface area contributed by atoms with Crippen molar-refractivity contribution in [1.82, 2.24) is 14.9 Å². The molecule has 1 aromatic rings. The summed E-state index contributed by atoms with van der Waals surface area (Å²) in [4.78, 5) is 11.0. The molecule has 1 aliphatic heterocycles. The average molecular weight is 232 g/mol. The maximum atomic E-state index is 5.68. The summed E-state index contributed by atoms with van der Waals surface area (Å²) in [5, 5.41) is 0. The van der Waals surface area contributed by atoms with Gasteiger partial charge in [0.05, 0.1) is 11.7 Å². The van der Waals surface area contributed by atoms with Crippen LogP contribution in [0.5, 0.6) is 0 Å². The van der Waals surface area contributed by atoms with E-state index in [0.717, 1.165) is 11.7 Å². The number of aromatic nitrogens is 2. The number of nitrogens with two attached hydrogens (primary N) is 1. The lowest BCUT2D eigenvalue weighted by atomic mass is 10.1. The highest BCUT2D eigenvalue weighted by Crippen LogP contribution is 2.37. The van der Waals surface area contributed by atoms with Gasteiger partial charge in [-0.15, -0.1) is 0 Å². The molecule has 1 saturated heterocycles. The van der Waals surface area contributed by atoms with E-state index in [1.165, 1.54) is 45.1 Å². The third kappa shape index (κ3) is 2.14. The smallest absolute Gasteiger partial charge is 0.220 e. The molecule has 0 radical (unpaired) electrons. The van der Waals surface area contributed by atoms with Gasteiger partial charge in [-0.05, 0) is 38.3 Å². The summed E-state index contributed by atoms with van der Waals surface area (Å²) >= 11 is 0. The number of nitrogens with zero attached hydrogens (tertiary/aromatic N) is 3. The first kappa shape index (κ1) is 11.0. The van der Waals surface area contributed by atoms with Crippen molar-refractivity contribution in [3.05, 3.63) is 18.0 Å². The Labute approximate surface area is 102 Å². The molecule has 2 heterocycles. The van der Waals surface area contributed by atoms with Crippen molar-refractivity contribution < 1.29 is 0 Å². The van der Waals surface area contributed by atoms with Gasteiger partial charge in [-0.25, -0.2) is 9.97 Å². The van der Waals surface area contributed by atoms with E-state index in [0.29, 0.717) is 12.0 Å². The van der Waals surface area contributed by atoms with E-state index < -0.39 is 0 Å². The normalized spacial score (nSPS) is 26.7. The van der Waals surface area contributed by atoms with Crippen LogP contribution in [0.15, 0.2) is 12.3 Å². The molecule has 1 aromatic heterocycles. The Balaban J connectivity index is 1.81. The highest BCUT2D eigenvalue weighted by molar-refractivity contribution is 5.20. The molecule has 0 bridgehead atoms. The zero-order chi connectivity index (χ0) is 11.7. The van der Waals surface area contributed by atoms with Crippen LogP contribution in [0.4, 0.5) is 5.95 Å². The van der Waals surface area contributed by atoms with Gasteiger partial charge in [0, 0.05) is 12.2 Å². The molecule has 1 unspecified atom stereocenters. The summed E-state index contributed by atoms with van der Waals surface area (Å²) < 4.78 is 0. The van der Waals surface area contributed by atoms with Crippen LogP contribution in [0.3, 0.4) is 0 Å². The van der Waals surface area contributed by atoms with Gasteiger partial charge < -0.3 is 5.73 Å². The van der Waals surface area contributed by atoms with Crippen LogP contribution >= 0.6 is 0 Å².